The summed E-state index contributed by atoms with van der Waals surface area (Å²) in [5.74, 6) is 0. The van der Waals surface area contributed by atoms with Gasteiger partial charge in [0.15, 0.2) is 0 Å². The second-order valence-electron chi connectivity index (χ2n) is 3.04. The fraction of sp³-hybridized carbons (Fsp3) is 0.875. The van der Waals surface area contributed by atoms with Crippen molar-refractivity contribution in [1.82, 2.24) is 0 Å². The molecular weight excluding hydrogens is 216 g/mol. The van der Waals surface area contributed by atoms with Crippen molar-refractivity contribution in [2.24, 2.45) is 4.99 Å². The molecule has 0 saturated heterocycles. The molecular formula is C8H12Cl3N. The van der Waals surface area contributed by atoms with Gasteiger partial charge in [0.25, 0.3) is 0 Å². The fourth-order valence-corrected chi connectivity index (χ4v) is 1.71. The van der Waals surface area contributed by atoms with Crippen LogP contribution in [-0.4, -0.2) is 15.5 Å². The third kappa shape index (κ3) is 3.12. The summed E-state index contributed by atoms with van der Waals surface area (Å²) >= 11 is 17.4. The van der Waals surface area contributed by atoms with Crippen LogP contribution in [0.4, 0.5) is 0 Å². The summed E-state index contributed by atoms with van der Waals surface area (Å²) in [6.07, 6.45) is 4.07. The Bertz CT molecular complexity index is 189. The maximum atomic E-state index is 6.02. The number of rotatable bonds is 5. The molecule has 0 saturated carbocycles. The predicted octanol–water partition coefficient (Wildman–Crippen LogP) is 3.76. The zero-order valence-corrected chi connectivity index (χ0v) is 9.25. The van der Waals surface area contributed by atoms with Crippen molar-refractivity contribution in [1.29, 1.82) is 0 Å². The monoisotopic (exact) mass is 227 g/mol. The van der Waals surface area contributed by atoms with E-state index >= 15 is 0 Å². The molecule has 1 aliphatic rings. The molecule has 1 rings (SSSR count). The van der Waals surface area contributed by atoms with Gasteiger partial charge in [-0.2, -0.15) is 0 Å². The molecule has 4 heteroatoms. The fourth-order valence-electron chi connectivity index (χ4n) is 1.05. The van der Waals surface area contributed by atoms with Crippen LogP contribution in [0.25, 0.3) is 0 Å². The topological polar surface area (TPSA) is 12.4 Å². The zero-order chi connectivity index (χ0) is 9.19. The van der Waals surface area contributed by atoms with Crippen LogP contribution >= 0.6 is 34.8 Å². The molecule has 0 radical (unpaired) electrons. The van der Waals surface area contributed by atoms with Gasteiger partial charge in [0.1, 0.15) is 0 Å². The molecule has 0 aromatic carbocycles. The summed E-state index contributed by atoms with van der Waals surface area (Å²) in [5, 5.41) is 0.142. The van der Waals surface area contributed by atoms with Crippen LogP contribution in [-0.2, 0) is 0 Å². The Balaban J connectivity index is 2.12. The quantitative estimate of drug-likeness (QED) is 0.502. The van der Waals surface area contributed by atoms with Crippen LogP contribution < -0.4 is 0 Å². The highest BCUT2D eigenvalue weighted by Gasteiger charge is 2.43. The van der Waals surface area contributed by atoms with Crippen molar-refractivity contribution >= 4 is 40.5 Å². The minimum atomic E-state index is -0.903. The summed E-state index contributed by atoms with van der Waals surface area (Å²) in [5.41, 5.74) is 0.835. The third-order valence-electron chi connectivity index (χ3n) is 1.86. The van der Waals surface area contributed by atoms with Crippen molar-refractivity contribution in [3.05, 3.63) is 0 Å². The largest absolute Gasteiger partial charge is 0.246 e. The lowest BCUT2D eigenvalue weighted by molar-refractivity contribution is 0.691. The van der Waals surface area contributed by atoms with E-state index in [1.54, 1.807) is 0 Å². The molecule has 0 fully saturated rings. The first-order chi connectivity index (χ1) is 5.56. The van der Waals surface area contributed by atoms with Gasteiger partial charge < -0.3 is 0 Å². The normalized spacial score (nSPS) is 21.8. The van der Waals surface area contributed by atoms with E-state index in [-0.39, 0.29) is 5.38 Å². The number of aliphatic imine (C=N–C) groups is 1. The Morgan fingerprint density at radius 2 is 2.08 bits per heavy atom. The first-order valence-electron chi connectivity index (χ1n) is 4.17. The van der Waals surface area contributed by atoms with E-state index < -0.39 is 4.46 Å². The van der Waals surface area contributed by atoms with E-state index in [1.807, 2.05) is 0 Å². The summed E-state index contributed by atoms with van der Waals surface area (Å²) < 4.78 is -0.903. The van der Waals surface area contributed by atoms with Crippen molar-refractivity contribution in [2.45, 2.75) is 42.4 Å². The lowest BCUT2D eigenvalue weighted by Gasteiger charge is -2.05. The van der Waals surface area contributed by atoms with Gasteiger partial charge in [-0.05, 0) is 6.42 Å². The Hall–Kier alpha value is 0.540. The van der Waals surface area contributed by atoms with Crippen LogP contribution in [0.15, 0.2) is 4.99 Å². The Morgan fingerprint density at radius 1 is 1.50 bits per heavy atom. The molecule has 1 atom stereocenters. The van der Waals surface area contributed by atoms with Gasteiger partial charge in [-0.15, -0.1) is 11.6 Å². The smallest absolute Gasteiger partial charge is 0.245 e. The number of unbranched alkanes of at least 4 members (excludes halogenated alkanes) is 1. The molecule has 1 aliphatic heterocycles. The molecule has 70 valence electrons. The highest BCUT2D eigenvalue weighted by Crippen LogP contribution is 2.40. The van der Waals surface area contributed by atoms with Crippen molar-refractivity contribution in [2.75, 3.05) is 0 Å². The maximum absolute atomic E-state index is 6.02. The van der Waals surface area contributed by atoms with Gasteiger partial charge in [-0.25, -0.2) is 4.99 Å². The van der Waals surface area contributed by atoms with Crippen LogP contribution in [0.3, 0.4) is 0 Å². The van der Waals surface area contributed by atoms with Crippen LogP contribution in [0.1, 0.15) is 32.6 Å². The molecule has 0 amide bonds. The van der Waals surface area contributed by atoms with E-state index in [1.165, 1.54) is 6.42 Å². The lowest BCUT2D eigenvalue weighted by Crippen LogP contribution is -2.08. The highest BCUT2D eigenvalue weighted by molar-refractivity contribution is 6.64. The molecule has 1 nitrogen and oxygen atoms in total. The van der Waals surface area contributed by atoms with Gasteiger partial charge in [0.05, 0.1) is 5.71 Å². The van der Waals surface area contributed by atoms with Crippen molar-refractivity contribution < 1.29 is 0 Å². The highest BCUT2D eigenvalue weighted by atomic mass is 35.5. The average molecular weight is 229 g/mol. The van der Waals surface area contributed by atoms with Gasteiger partial charge in [0, 0.05) is 11.8 Å². The standard InChI is InChI=1S/C8H12Cl3N/c1-2-3-4-6(9)5-7-8(10,11)12-7/h6H,2-5H2,1H3. The minimum Gasteiger partial charge on any atom is -0.245 e. The molecule has 1 unspecified atom stereocenters. The van der Waals surface area contributed by atoms with Gasteiger partial charge in [-0.3, -0.25) is 0 Å². The van der Waals surface area contributed by atoms with Crippen molar-refractivity contribution in [3.8, 4) is 0 Å². The minimum absolute atomic E-state index is 0.142. The Labute approximate surface area is 88.1 Å². The molecule has 0 aromatic rings. The van der Waals surface area contributed by atoms with E-state index in [2.05, 4.69) is 11.9 Å². The van der Waals surface area contributed by atoms with Gasteiger partial charge in [0.2, 0.25) is 4.46 Å². The van der Waals surface area contributed by atoms with Gasteiger partial charge >= 0.3 is 0 Å². The molecule has 12 heavy (non-hydrogen) atoms. The maximum Gasteiger partial charge on any atom is 0.246 e. The number of hydrogen-bond acceptors (Lipinski definition) is 1. The first kappa shape index (κ1) is 10.6. The number of alkyl halides is 3. The van der Waals surface area contributed by atoms with E-state index in [0.717, 1.165) is 25.0 Å². The summed E-state index contributed by atoms with van der Waals surface area (Å²) in [4.78, 5) is 3.90. The second kappa shape index (κ2) is 4.17. The second-order valence-corrected chi connectivity index (χ2v) is 4.95. The molecule has 0 aliphatic carbocycles. The Kier molecular flexibility index (Phi) is 3.69. The third-order valence-corrected chi connectivity index (χ3v) is 2.84. The van der Waals surface area contributed by atoms with Crippen LogP contribution in [0.2, 0.25) is 0 Å². The number of halogens is 3. The van der Waals surface area contributed by atoms with Crippen LogP contribution in [0.5, 0.6) is 0 Å². The van der Waals surface area contributed by atoms with E-state index in [4.69, 9.17) is 34.8 Å². The molecule has 0 bridgehead atoms. The van der Waals surface area contributed by atoms with Crippen LogP contribution in [0, 0.1) is 0 Å². The molecule has 0 N–H and O–H groups in total. The summed E-state index contributed by atoms with van der Waals surface area (Å²) in [7, 11) is 0. The molecule has 1 heterocycles. The zero-order valence-electron chi connectivity index (χ0n) is 6.99. The average Bonchev–Trinajstić information content (AvgIpc) is 2.54. The number of nitrogens with zero attached hydrogens (tertiary/aromatic N) is 1. The lowest BCUT2D eigenvalue weighted by atomic mass is 10.1. The Morgan fingerprint density at radius 3 is 2.50 bits per heavy atom. The summed E-state index contributed by atoms with van der Waals surface area (Å²) in [6.45, 7) is 2.14. The molecule has 0 aromatic heterocycles. The SMILES string of the molecule is CCCCC(Cl)CC1=NC1(Cl)Cl. The van der Waals surface area contributed by atoms with Gasteiger partial charge in [-0.1, -0.05) is 43.0 Å². The first-order valence-corrected chi connectivity index (χ1v) is 5.36. The predicted molar refractivity (Wildman–Crippen MR) is 55.7 cm³/mol. The van der Waals surface area contributed by atoms with E-state index in [0.29, 0.717) is 0 Å². The number of hydrogen-bond donors (Lipinski definition) is 0. The summed E-state index contributed by atoms with van der Waals surface area (Å²) in [6, 6.07) is 0. The van der Waals surface area contributed by atoms with Crippen molar-refractivity contribution in [3.63, 3.8) is 0 Å². The molecule has 0 spiro atoms. The van der Waals surface area contributed by atoms with E-state index in [9.17, 15) is 0 Å².